The van der Waals surface area contributed by atoms with Crippen LogP contribution in [-0.4, -0.2) is 21.8 Å². The molecule has 2 rings (SSSR count). The van der Waals surface area contributed by atoms with Crippen molar-refractivity contribution in [2.75, 3.05) is 5.32 Å². The van der Waals surface area contributed by atoms with E-state index in [9.17, 15) is 13.2 Å². The Bertz CT molecular complexity index is 415. The summed E-state index contributed by atoms with van der Waals surface area (Å²) in [6.07, 6.45) is -2.33. The van der Waals surface area contributed by atoms with Gasteiger partial charge in [-0.15, -0.1) is 0 Å². The van der Waals surface area contributed by atoms with E-state index < -0.39 is 12.2 Å². The second-order valence-corrected chi connectivity index (χ2v) is 5.42. The van der Waals surface area contributed by atoms with E-state index in [1.165, 1.54) is 0 Å². The number of nitrogens with one attached hydrogen (secondary N) is 1. The molecular weight excluding hydrogens is 231 g/mol. The highest BCUT2D eigenvalue weighted by atomic mass is 19.4. The molecular formula is C11H16F3N3. The average molecular weight is 247 g/mol. The number of rotatable bonds is 0. The second kappa shape index (κ2) is 3.65. The Morgan fingerprint density at radius 2 is 2.00 bits per heavy atom. The molecule has 1 aliphatic heterocycles. The van der Waals surface area contributed by atoms with E-state index in [1.807, 2.05) is 27.0 Å². The van der Waals surface area contributed by atoms with Crippen molar-refractivity contribution in [3.63, 3.8) is 0 Å². The van der Waals surface area contributed by atoms with Gasteiger partial charge in [-0.05, 0) is 6.42 Å². The minimum atomic E-state index is -4.21. The van der Waals surface area contributed by atoms with Crippen LogP contribution < -0.4 is 5.32 Å². The van der Waals surface area contributed by atoms with Gasteiger partial charge >= 0.3 is 6.18 Å². The number of aromatic nitrogens is 2. The fraction of sp³-hybridized carbons (Fsp3) is 0.727. The monoisotopic (exact) mass is 247 g/mol. The molecule has 0 aliphatic carbocycles. The van der Waals surface area contributed by atoms with Gasteiger partial charge in [-0.3, -0.25) is 0 Å². The average Bonchev–Trinajstić information content (AvgIpc) is 2.57. The Morgan fingerprint density at radius 1 is 1.35 bits per heavy atom. The summed E-state index contributed by atoms with van der Waals surface area (Å²) in [4.78, 5) is 4.24. The molecule has 0 fully saturated rings. The first-order chi connectivity index (χ1) is 7.68. The summed E-state index contributed by atoms with van der Waals surface area (Å²) >= 11 is 0. The number of fused-ring (bicyclic) bond motifs is 1. The maximum Gasteiger partial charge on any atom is 0.408 e. The van der Waals surface area contributed by atoms with Crippen molar-refractivity contribution >= 4 is 5.95 Å². The van der Waals surface area contributed by atoms with Crippen molar-refractivity contribution in [2.45, 2.75) is 51.4 Å². The molecule has 6 heteroatoms. The van der Waals surface area contributed by atoms with Gasteiger partial charge < -0.3 is 9.88 Å². The molecule has 1 N–H and O–H groups in total. The maximum absolute atomic E-state index is 12.6. The molecule has 17 heavy (non-hydrogen) atoms. The Kier molecular flexibility index (Phi) is 2.63. The number of aryl methyl sites for hydroxylation is 1. The van der Waals surface area contributed by atoms with Crippen LogP contribution in [0.4, 0.5) is 19.1 Å². The van der Waals surface area contributed by atoms with E-state index in [0.717, 1.165) is 5.69 Å². The summed E-state index contributed by atoms with van der Waals surface area (Å²) in [5.74, 6) is 0.323. The Labute approximate surface area is 98.0 Å². The van der Waals surface area contributed by atoms with Crippen molar-refractivity contribution in [2.24, 2.45) is 0 Å². The van der Waals surface area contributed by atoms with E-state index in [0.29, 0.717) is 12.5 Å². The minimum Gasteiger partial charge on any atom is -0.344 e. The van der Waals surface area contributed by atoms with Crippen LogP contribution in [0.5, 0.6) is 0 Å². The van der Waals surface area contributed by atoms with E-state index in [-0.39, 0.29) is 11.8 Å². The summed E-state index contributed by atoms with van der Waals surface area (Å²) in [7, 11) is 0. The molecule has 2 heterocycles. The number of nitrogens with zero attached hydrogens (tertiary/aromatic N) is 2. The van der Waals surface area contributed by atoms with Crippen molar-refractivity contribution < 1.29 is 13.2 Å². The van der Waals surface area contributed by atoms with Gasteiger partial charge in [-0.1, -0.05) is 20.8 Å². The number of hydrogen-bond acceptors (Lipinski definition) is 2. The molecule has 96 valence electrons. The van der Waals surface area contributed by atoms with Gasteiger partial charge in [0.05, 0.1) is 5.69 Å². The fourth-order valence-electron chi connectivity index (χ4n) is 1.80. The van der Waals surface area contributed by atoms with Gasteiger partial charge in [0.25, 0.3) is 0 Å². The van der Waals surface area contributed by atoms with E-state index in [1.54, 1.807) is 4.57 Å². The lowest BCUT2D eigenvalue weighted by Gasteiger charge is -2.26. The zero-order valence-electron chi connectivity index (χ0n) is 10.1. The lowest BCUT2D eigenvalue weighted by molar-refractivity contribution is -0.145. The van der Waals surface area contributed by atoms with E-state index in [2.05, 4.69) is 10.3 Å². The molecule has 0 saturated heterocycles. The van der Waals surface area contributed by atoms with Crippen LogP contribution in [-0.2, 0) is 12.0 Å². The van der Waals surface area contributed by atoms with Gasteiger partial charge in [0.2, 0.25) is 5.95 Å². The van der Waals surface area contributed by atoms with Crippen molar-refractivity contribution in [1.29, 1.82) is 0 Å². The normalized spacial score (nSPS) is 20.9. The predicted octanol–water partition coefficient (Wildman–Crippen LogP) is 2.93. The topological polar surface area (TPSA) is 29.9 Å². The molecule has 0 bridgehead atoms. The highest BCUT2D eigenvalue weighted by Gasteiger charge is 2.42. The van der Waals surface area contributed by atoms with Gasteiger partial charge in [-0.2, -0.15) is 13.2 Å². The molecule has 1 aromatic heterocycles. The summed E-state index contributed by atoms with van der Waals surface area (Å²) in [5, 5.41) is 2.46. The Morgan fingerprint density at radius 3 is 2.53 bits per heavy atom. The molecule has 0 spiro atoms. The molecule has 0 radical (unpaired) electrons. The molecule has 0 amide bonds. The molecule has 3 nitrogen and oxygen atoms in total. The summed E-state index contributed by atoms with van der Waals surface area (Å²) in [6, 6.07) is -1.48. The largest absolute Gasteiger partial charge is 0.408 e. The van der Waals surface area contributed by atoms with Crippen LogP contribution in [0.25, 0.3) is 0 Å². The smallest absolute Gasteiger partial charge is 0.344 e. The molecule has 1 aliphatic rings. The number of hydrogen-bond donors (Lipinski definition) is 1. The third-order valence-corrected chi connectivity index (χ3v) is 2.90. The second-order valence-electron chi connectivity index (χ2n) is 5.42. The van der Waals surface area contributed by atoms with Crippen LogP contribution >= 0.6 is 0 Å². The number of halogens is 3. The summed E-state index contributed by atoms with van der Waals surface area (Å²) in [6.45, 7) is 6.32. The SMILES string of the molecule is CC(C)(C)c1cn2c(n1)NC(C(F)(F)F)CC2. The zero-order chi connectivity index (χ0) is 12.8. The third-order valence-electron chi connectivity index (χ3n) is 2.90. The first-order valence-corrected chi connectivity index (χ1v) is 5.59. The van der Waals surface area contributed by atoms with Crippen LogP contribution in [0, 0.1) is 0 Å². The van der Waals surface area contributed by atoms with Crippen LogP contribution in [0.3, 0.4) is 0 Å². The molecule has 1 unspecified atom stereocenters. The number of anilines is 1. The van der Waals surface area contributed by atoms with E-state index >= 15 is 0 Å². The summed E-state index contributed by atoms with van der Waals surface area (Å²) in [5.41, 5.74) is 0.655. The first kappa shape index (κ1) is 12.3. The molecule has 0 aromatic carbocycles. The quantitative estimate of drug-likeness (QED) is 0.764. The summed E-state index contributed by atoms with van der Waals surface area (Å²) < 4.78 is 39.5. The lowest BCUT2D eigenvalue weighted by atomic mass is 9.93. The molecule has 0 saturated carbocycles. The number of alkyl halides is 3. The highest BCUT2D eigenvalue weighted by molar-refractivity contribution is 5.35. The molecule has 1 aromatic rings. The van der Waals surface area contributed by atoms with Gasteiger partial charge in [-0.25, -0.2) is 4.98 Å². The number of imidazole rings is 1. The van der Waals surface area contributed by atoms with Crippen LogP contribution in [0.1, 0.15) is 32.9 Å². The predicted molar refractivity (Wildman–Crippen MR) is 59.0 cm³/mol. The highest BCUT2D eigenvalue weighted by Crippen LogP contribution is 2.31. The standard InChI is InChI=1S/C11H16F3N3/c1-10(2,3)8-6-17-5-4-7(11(12,13)14)15-9(17)16-8/h6-7H,4-5H2,1-3H3,(H,15,16). The first-order valence-electron chi connectivity index (χ1n) is 5.59. The van der Waals surface area contributed by atoms with Crippen molar-refractivity contribution in [3.8, 4) is 0 Å². The Hall–Kier alpha value is -1.20. The van der Waals surface area contributed by atoms with Gasteiger partial charge in [0.15, 0.2) is 0 Å². The van der Waals surface area contributed by atoms with Gasteiger partial charge in [0, 0.05) is 18.2 Å². The lowest BCUT2D eigenvalue weighted by Crippen LogP contribution is -2.40. The van der Waals surface area contributed by atoms with E-state index in [4.69, 9.17) is 0 Å². The minimum absolute atomic E-state index is 0.0520. The Balaban J connectivity index is 2.25. The van der Waals surface area contributed by atoms with Crippen molar-refractivity contribution in [3.05, 3.63) is 11.9 Å². The zero-order valence-corrected chi connectivity index (χ0v) is 10.1. The maximum atomic E-state index is 12.6. The van der Waals surface area contributed by atoms with Crippen molar-refractivity contribution in [1.82, 2.24) is 9.55 Å². The van der Waals surface area contributed by atoms with Crippen LogP contribution in [0.15, 0.2) is 6.20 Å². The third kappa shape index (κ3) is 2.40. The van der Waals surface area contributed by atoms with Gasteiger partial charge in [0.1, 0.15) is 6.04 Å². The fourth-order valence-corrected chi connectivity index (χ4v) is 1.80. The molecule has 1 atom stereocenters. The van der Waals surface area contributed by atoms with Crippen LogP contribution in [0.2, 0.25) is 0 Å².